The molecule has 1 aliphatic heterocycles. The first-order valence-electron chi connectivity index (χ1n) is 5.76. The number of nitrogens with zero attached hydrogens (tertiary/aromatic N) is 1. The van der Waals surface area contributed by atoms with Crippen LogP contribution in [-0.2, 0) is 9.47 Å². The van der Waals surface area contributed by atoms with Crippen LogP contribution < -0.4 is 5.32 Å². The average molecular weight is 214 g/mol. The van der Waals surface area contributed by atoms with Gasteiger partial charge in [0.2, 0.25) is 0 Å². The van der Waals surface area contributed by atoms with Crippen LogP contribution in [0.3, 0.4) is 0 Å². The third-order valence-corrected chi connectivity index (χ3v) is 2.44. The summed E-state index contributed by atoms with van der Waals surface area (Å²) >= 11 is 0. The molecule has 2 atom stereocenters. The summed E-state index contributed by atoms with van der Waals surface area (Å²) in [6.45, 7) is 4.80. The van der Waals surface area contributed by atoms with Crippen LogP contribution in [-0.4, -0.2) is 25.0 Å². The quantitative estimate of drug-likeness (QED) is 0.660. The highest BCUT2D eigenvalue weighted by Gasteiger charge is 2.21. The SMILES string of the molecule is CCCCC(C)OC(=O)OC1CCC[N]1. The maximum atomic E-state index is 11.3. The van der Waals surface area contributed by atoms with Gasteiger partial charge in [0.15, 0.2) is 6.23 Å². The minimum absolute atomic E-state index is 0.0566. The standard InChI is InChI=1S/C11H20NO3/c1-3-4-6-9(2)14-11(13)15-10-7-5-8-12-10/h9-10H,3-8H2,1-2H3. The number of rotatable bonds is 5. The van der Waals surface area contributed by atoms with Crippen molar-refractivity contribution in [2.45, 2.75) is 58.3 Å². The van der Waals surface area contributed by atoms with Crippen molar-refractivity contribution in [3.05, 3.63) is 0 Å². The molecule has 0 amide bonds. The summed E-state index contributed by atoms with van der Waals surface area (Å²) in [5.41, 5.74) is 0. The van der Waals surface area contributed by atoms with E-state index in [0.717, 1.165) is 38.6 Å². The average Bonchev–Trinajstić information content (AvgIpc) is 2.67. The smallest absolute Gasteiger partial charge is 0.431 e. The predicted octanol–water partition coefficient (Wildman–Crippen LogP) is 2.44. The minimum Gasteiger partial charge on any atom is -0.431 e. The van der Waals surface area contributed by atoms with Crippen molar-refractivity contribution in [3.63, 3.8) is 0 Å². The number of carbonyl (C=O) groups excluding carboxylic acids is 1. The summed E-state index contributed by atoms with van der Waals surface area (Å²) in [4.78, 5) is 11.3. The van der Waals surface area contributed by atoms with Gasteiger partial charge >= 0.3 is 6.16 Å². The monoisotopic (exact) mass is 214 g/mol. The molecule has 1 heterocycles. The molecule has 1 radical (unpaired) electrons. The Labute approximate surface area is 91.3 Å². The molecule has 0 N–H and O–H groups in total. The molecule has 1 fully saturated rings. The Balaban J connectivity index is 2.11. The number of carbonyl (C=O) groups is 1. The first kappa shape index (κ1) is 12.3. The maximum absolute atomic E-state index is 11.3. The molecular weight excluding hydrogens is 194 g/mol. The van der Waals surface area contributed by atoms with E-state index in [1.54, 1.807) is 0 Å². The summed E-state index contributed by atoms with van der Waals surface area (Å²) in [5.74, 6) is 0. The maximum Gasteiger partial charge on any atom is 0.510 e. The molecule has 2 unspecified atom stereocenters. The van der Waals surface area contributed by atoms with E-state index in [1.807, 2.05) is 6.92 Å². The Bertz CT molecular complexity index is 190. The van der Waals surface area contributed by atoms with E-state index in [-0.39, 0.29) is 12.3 Å². The van der Waals surface area contributed by atoms with Crippen LogP contribution in [0.15, 0.2) is 0 Å². The molecule has 0 aromatic carbocycles. The third kappa shape index (κ3) is 5.02. The molecule has 4 heteroatoms. The van der Waals surface area contributed by atoms with Gasteiger partial charge in [0, 0.05) is 13.0 Å². The van der Waals surface area contributed by atoms with Crippen molar-refractivity contribution in [2.75, 3.05) is 6.54 Å². The summed E-state index contributed by atoms with van der Waals surface area (Å²) in [6, 6.07) is 0. The Morgan fingerprint density at radius 3 is 3.00 bits per heavy atom. The van der Waals surface area contributed by atoms with Crippen LogP contribution >= 0.6 is 0 Å². The lowest BCUT2D eigenvalue weighted by Crippen LogP contribution is -2.25. The lowest BCUT2D eigenvalue weighted by molar-refractivity contribution is -0.00411. The van der Waals surface area contributed by atoms with E-state index in [4.69, 9.17) is 9.47 Å². The zero-order valence-electron chi connectivity index (χ0n) is 9.57. The molecule has 0 aromatic heterocycles. The summed E-state index contributed by atoms with van der Waals surface area (Å²) in [7, 11) is 0. The van der Waals surface area contributed by atoms with Crippen LogP contribution in [0.2, 0.25) is 0 Å². The molecule has 1 rings (SSSR count). The van der Waals surface area contributed by atoms with Crippen LogP contribution in [0, 0.1) is 0 Å². The van der Waals surface area contributed by atoms with E-state index in [9.17, 15) is 4.79 Å². The van der Waals surface area contributed by atoms with Crippen molar-refractivity contribution in [1.29, 1.82) is 0 Å². The van der Waals surface area contributed by atoms with Gasteiger partial charge in [-0.05, 0) is 19.8 Å². The molecule has 87 valence electrons. The zero-order valence-corrected chi connectivity index (χ0v) is 9.57. The lowest BCUT2D eigenvalue weighted by Gasteiger charge is -2.15. The van der Waals surface area contributed by atoms with Crippen molar-refractivity contribution >= 4 is 6.16 Å². The number of hydrogen-bond donors (Lipinski definition) is 0. The topological polar surface area (TPSA) is 49.6 Å². The highest BCUT2D eigenvalue weighted by atomic mass is 16.7. The molecule has 15 heavy (non-hydrogen) atoms. The molecule has 4 nitrogen and oxygen atoms in total. The van der Waals surface area contributed by atoms with E-state index < -0.39 is 6.16 Å². The normalized spacial score (nSPS) is 22.4. The van der Waals surface area contributed by atoms with Crippen LogP contribution in [0.25, 0.3) is 0 Å². The van der Waals surface area contributed by atoms with Gasteiger partial charge in [0.1, 0.15) is 6.10 Å². The fourth-order valence-electron chi connectivity index (χ4n) is 1.54. The van der Waals surface area contributed by atoms with E-state index in [2.05, 4.69) is 12.2 Å². The summed E-state index contributed by atoms with van der Waals surface area (Å²) < 4.78 is 10.1. The Kier molecular flexibility index (Phi) is 5.47. The first-order valence-corrected chi connectivity index (χ1v) is 5.76. The minimum atomic E-state index is -0.575. The predicted molar refractivity (Wildman–Crippen MR) is 56.6 cm³/mol. The number of ether oxygens (including phenoxy) is 2. The second-order valence-electron chi connectivity index (χ2n) is 3.94. The molecule has 0 saturated carbocycles. The molecule has 0 spiro atoms. The largest absolute Gasteiger partial charge is 0.510 e. The van der Waals surface area contributed by atoms with Crippen LogP contribution in [0.4, 0.5) is 4.79 Å². The molecule has 1 saturated heterocycles. The summed E-state index contributed by atoms with van der Waals surface area (Å²) in [5, 5.41) is 4.12. The fraction of sp³-hybridized carbons (Fsp3) is 0.909. The van der Waals surface area contributed by atoms with Gasteiger partial charge in [-0.1, -0.05) is 19.8 Å². The molecule has 0 bridgehead atoms. The Morgan fingerprint density at radius 2 is 2.40 bits per heavy atom. The molecule has 0 aliphatic carbocycles. The Hall–Kier alpha value is -0.770. The zero-order chi connectivity index (χ0) is 11.1. The third-order valence-electron chi connectivity index (χ3n) is 2.44. The number of unbranched alkanes of at least 4 members (excludes halogenated alkanes) is 1. The van der Waals surface area contributed by atoms with Gasteiger partial charge in [0.05, 0.1) is 0 Å². The number of hydrogen-bond acceptors (Lipinski definition) is 3. The van der Waals surface area contributed by atoms with Crippen molar-refractivity contribution in [3.8, 4) is 0 Å². The fourth-order valence-corrected chi connectivity index (χ4v) is 1.54. The van der Waals surface area contributed by atoms with E-state index >= 15 is 0 Å². The molecular formula is C11H20NO3. The molecule has 0 aromatic rings. The summed E-state index contributed by atoms with van der Waals surface area (Å²) in [6.07, 6.45) is 4.02. The van der Waals surface area contributed by atoms with Gasteiger partial charge in [0.25, 0.3) is 0 Å². The van der Waals surface area contributed by atoms with E-state index in [0.29, 0.717) is 0 Å². The second-order valence-corrected chi connectivity index (χ2v) is 3.94. The highest BCUT2D eigenvalue weighted by Crippen LogP contribution is 2.11. The van der Waals surface area contributed by atoms with Crippen LogP contribution in [0.1, 0.15) is 46.0 Å². The second kappa shape index (κ2) is 6.67. The lowest BCUT2D eigenvalue weighted by atomic mass is 10.2. The van der Waals surface area contributed by atoms with Crippen molar-refractivity contribution in [1.82, 2.24) is 5.32 Å². The van der Waals surface area contributed by atoms with E-state index in [1.165, 1.54) is 0 Å². The first-order chi connectivity index (χ1) is 7.22. The molecule has 1 aliphatic rings. The Morgan fingerprint density at radius 1 is 1.60 bits per heavy atom. The van der Waals surface area contributed by atoms with Crippen molar-refractivity contribution in [2.24, 2.45) is 0 Å². The van der Waals surface area contributed by atoms with Gasteiger partial charge in [-0.2, -0.15) is 0 Å². The highest BCUT2D eigenvalue weighted by molar-refractivity contribution is 5.60. The van der Waals surface area contributed by atoms with Gasteiger partial charge in [-0.3, -0.25) is 0 Å². The van der Waals surface area contributed by atoms with Gasteiger partial charge < -0.3 is 9.47 Å². The van der Waals surface area contributed by atoms with Crippen molar-refractivity contribution < 1.29 is 14.3 Å². The van der Waals surface area contributed by atoms with Gasteiger partial charge in [-0.25, -0.2) is 10.1 Å². The van der Waals surface area contributed by atoms with Crippen LogP contribution in [0.5, 0.6) is 0 Å². The van der Waals surface area contributed by atoms with Gasteiger partial charge in [-0.15, -0.1) is 0 Å².